The molecule has 1 aliphatic rings. The number of carbonyl (C=O) groups excluding carboxylic acids is 1. The van der Waals surface area contributed by atoms with Gasteiger partial charge in [0.15, 0.2) is 0 Å². The van der Waals surface area contributed by atoms with Crippen LogP contribution in [0.5, 0.6) is 0 Å². The molecule has 0 unspecified atom stereocenters. The van der Waals surface area contributed by atoms with Gasteiger partial charge in [-0.15, -0.1) is 0 Å². The molecule has 6 heteroatoms. The van der Waals surface area contributed by atoms with Gasteiger partial charge in [0.25, 0.3) is 5.91 Å². The lowest BCUT2D eigenvalue weighted by Crippen LogP contribution is -2.48. The van der Waals surface area contributed by atoms with Crippen molar-refractivity contribution < 1.29 is 4.79 Å². The molecule has 1 saturated heterocycles. The molecule has 1 aromatic heterocycles. The number of benzene rings is 1. The lowest BCUT2D eigenvalue weighted by atomic mass is 10.2. The van der Waals surface area contributed by atoms with Crippen LogP contribution in [0.3, 0.4) is 0 Å². The van der Waals surface area contributed by atoms with Crippen molar-refractivity contribution in [2.45, 2.75) is 0 Å². The fourth-order valence-corrected chi connectivity index (χ4v) is 2.81. The largest absolute Gasteiger partial charge is 0.368 e. The highest BCUT2D eigenvalue weighted by Gasteiger charge is 2.22. The van der Waals surface area contributed by atoms with E-state index in [9.17, 15) is 4.79 Å². The molecule has 0 atom stereocenters. The van der Waals surface area contributed by atoms with Gasteiger partial charge in [-0.05, 0) is 30.3 Å². The maximum absolute atomic E-state index is 12.4. The minimum atomic E-state index is 0.0295. The molecule has 1 aliphatic heterocycles. The Morgan fingerprint density at radius 1 is 1.05 bits per heavy atom. The van der Waals surface area contributed by atoms with E-state index in [1.54, 1.807) is 30.6 Å². The van der Waals surface area contributed by atoms with Crippen molar-refractivity contribution in [3.63, 3.8) is 0 Å². The monoisotopic (exact) mass is 335 g/mol. The number of aromatic nitrogens is 1. The van der Waals surface area contributed by atoms with E-state index in [2.05, 4.69) is 9.88 Å². The molecule has 0 aliphatic carbocycles. The van der Waals surface area contributed by atoms with Crippen LogP contribution >= 0.6 is 23.2 Å². The van der Waals surface area contributed by atoms with E-state index in [-0.39, 0.29) is 5.91 Å². The Morgan fingerprint density at radius 2 is 1.82 bits per heavy atom. The molecule has 114 valence electrons. The number of pyridine rings is 1. The van der Waals surface area contributed by atoms with E-state index in [1.165, 1.54) is 0 Å². The minimum absolute atomic E-state index is 0.0295. The molecule has 4 nitrogen and oxygen atoms in total. The minimum Gasteiger partial charge on any atom is -0.368 e. The highest BCUT2D eigenvalue weighted by molar-refractivity contribution is 6.42. The fourth-order valence-electron chi connectivity index (χ4n) is 2.52. The van der Waals surface area contributed by atoms with E-state index in [0.29, 0.717) is 28.7 Å². The van der Waals surface area contributed by atoms with Crippen molar-refractivity contribution in [2.75, 3.05) is 31.1 Å². The summed E-state index contributed by atoms with van der Waals surface area (Å²) in [5.74, 6) is 0.0295. The summed E-state index contributed by atoms with van der Waals surface area (Å²) in [5, 5.41) is 1.10. The molecule has 2 aromatic rings. The van der Waals surface area contributed by atoms with Crippen molar-refractivity contribution >= 4 is 34.8 Å². The van der Waals surface area contributed by atoms with E-state index in [4.69, 9.17) is 23.2 Å². The highest BCUT2D eigenvalue weighted by Crippen LogP contribution is 2.27. The predicted molar refractivity (Wildman–Crippen MR) is 88.8 cm³/mol. The van der Waals surface area contributed by atoms with Crippen molar-refractivity contribution in [2.24, 2.45) is 0 Å². The first-order chi connectivity index (χ1) is 10.6. The highest BCUT2D eigenvalue weighted by atomic mass is 35.5. The van der Waals surface area contributed by atoms with Crippen molar-refractivity contribution in [3.05, 3.63) is 58.3 Å². The average Bonchev–Trinajstić information content (AvgIpc) is 2.58. The molecule has 1 fully saturated rings. The summed E-state index contributed by atoms with van der Waals surface area (Å²) in [4.78, 5) is 20.4. The van der Waals surface area contributed by atoms with Crippen LogP contribution in [0.25, 0.3) is 0 Å². The summed E-state index contributed by atoms with van der Waals surface area (Å²) >= 11 is 12.0. The lowest BCUT2D eigenvalue weighted by molar-refractivity contribution is 0.0746. The smallest absolute Gasteiger partial charge is 0.255 e. The second-order valence-electron chi connectivity index (χ2n) is 5.12. The molecule has 0 N–H and O–H groups in total. The Morgan fingerprint density at radius 3 is 2.45 bits per heavy atom. The van der Waals surface area contributed by atoms with Crippen LogP contribution < -0.4 is 4.90 Å². The second kappa shape index (κ2) is 6.55. The molecule has 1 aromatic carbocycles. The third-order valence-corrected chi connectivity index (χ3v) is 4.48. The number of hydrogen-bond donors (Lipinski definition) is 0. The third-order valence-electron chi connectivity index (χ3n) is 3.74. The van der Waals surface area contributed by atoms with Crippen LogP contribution in [0.2, 0.25) is 10.0 Å². The third kappa shape index (κ3) is 3.18. The number of anilines is 1. The number of halogens is 2. The molecule has 22 heavy (non-hydrogen) atoms. The summed E-state index contributed by atoms with van der Waals surface area (Å²) in [6, 6.07) is 9.18. The molecule has 0 bridgehead atoms. The normalized spacial score (nSPS) is 15.0. The maximum atomic E-state index is 12.4. The summed E-state index contributed by atoms with van der Waals surface area (Å²) in [7, 11) is 0. The Bertz CT molecular complexity index is 670. The van der Waals surface area contributed by atoms with E-state index in [0.717, 1.165) is 18.8 Å². The van der Waals surface area contributed by atoms with Crippen molar-refractivity contribution in [3.8, 4) is 0 Å². The molecule has 0 saturated carbocycles. The Kier molecular flexibility index (Phi) is 4.50. The fraction of sp³-hybridized carbons (Fsp3) is 0.250. The van der Waals surface area contributed by atoms with E-state index < -0.39 is 0 Å². The number of hydrogen-bond acceptors (Lipinski definition) is 3. The zero-order chi connectivity index (χ0) is 15.5. The van der Waals surface area contributed by atoms with Crippen LogP contribution in [0.15, 0.2) is 42.7 Å². The maximum Gasteiger partial charge on any atom is 0.255 e. The first-order valence-corrected chi connectivity index (χ1v) is 7.80. The summed E-state index contributed by atoms with van der Waals surface area (Å²) < 4.78 is 0. The topological polar surface area (TPSA) is 36.4 Å². The second-order valence-corrected chi connectivity index (χ2v) is 5.93. The van der Waals surface area contributed by atoms with Gasteiger partial charge in [0, 0.05) is 44.3 Å². The van der Waals surface area contributed by atoms with Gasteiger partial charge in [-0.1, -0.05) is 23.2 Å². The van der Waals surface area contributed by atoms with Crippen LogP contribution in [0, 0.1) is 0 Å². The molecular formula is C16H15Cl2N3O. The van der Waals surface area contributed by atoms with Crippen molar-refractivity contribution in [1.82, 2.24) is 9.88 Å². The predicted octanol–water partition coefficient (Wildman–Crippen LogP) is 3.35. The standard InChI is InChI=1S/C16H15Cl2N3O/c17-14-4-3-13(10-15(14)18)20-6-8-21(9-7-20)16(22)12-2-1-5-19-11-12/h1-5,10-11H,6-9H2. The van der Waals surface area contributed by atoms with Gasteiger partial charge in [0.1, 0.15) is 0 Å². The van der Waals surface area contributed by atoms with Crippen LogP contribution in [-0.4, -0.2) is 42.0 Å². The Hall–Kier alpha value is -1.78. The van der Waals surface area contributed by atoms with Gasteiger partial charge in [0.05, 0.1) is 15.6 Å². The molecule has 3 rings (SSSR count). The van der Waals surface area contributed by atoms with Gasteiger partial charge in [-0.3, -0.25) is 9.78 Å². The molecule has 1 amide bonds. The molecule has 2 heterocycles. The lowest BCUT2D eigenvalue weighted by Gasteiger charge is -2.36. The quantitative estimate of drug-likeness (QED) is 0.844. The molecule has 0 radical (unpaired) electrons. The zero-order valence-electron chi connectivity index (χ0n) is 11.9. The van der Waals surface area contributed by atoms with Crippen LogP contribution in [0.1, 0.15) is 10.4 Å². The van der Waals surface area contributed by atoms with Crippen LogP contribution in [0.4, 0.5) is 5.69 Å². The van der Waals surface area contributed by atoms with Crippen molar-refractivity contribution in [1.29, 1.82) is 0 Å². The van der Waals surface area contributed by atoms with Gasteiger partial charge in [-0.25, -0.2) is 0 Å². The van der Waals surface area contributed by atoms with Gasteiger partial charge in [-0.2, -0.15) is 0 Å². The van der Waals surface area contributed by atoms with E-state index >= 15 is 0 Å². The Labute approximate surface area is 139 Å². The number of rotatable bonds is 2. The Balaban J connectivity index is 1.65. The first kappa shape index (κ1) is 15.1. The average molecular weight is 336 g/mol. The number of nitrogens with zero attached hydrogens (tertiary/aromatic N) is 3. The van der Waals surface area contributed by atoms with Gasteiger partial charge >= 0.3 is 0 Å². The summed E-state index contributed by atoms with van der Waals surface area (Å²) in [6.45, 7) is 2.88. The number of carbonyl (C=O) groups is 1. The molecular weight excluding hydrogens is 321 g/mol. The van der Waals surface area contributed by atoms with Crippen LogP contribution in [-0.2, 0) is 0 Å². The number of piperazine rings is 1. The summed E-state index contributed by atoms with van der Waals surface area (Å²) in [5.41, 5.74) is 1.66. The zero-order valence-corrected chi connectivity index (χ0v) is 13.4. The first-order valence-electron chi connectivity index (χ1n) is 7.04. The molecule has 0 spiro atoms. The van der Waals surface area contributed by atoms with E-state index in [1.807, 2.05) is 17.0 Å². The van der Waals surface area contributed by atoms with Gasteiger partial charge < -0.3 is 9.80 Å². The summed E-state index contributed by atoms with van der Waals surface area (Å²) in [6.07, 6.45) is 3.27. The number of amides is 1. The SMILES string of the molecule is O=C(c1cccnc1)N1CCN(c2ccc(Cl)c(Cl)c2)CC1. The van der Waals surface area contributed by atoms with Gasteiger partial charge in [0.2, 0.25) is 0 Å².